The Bertz CT molecular complexity index is 422. The van der Waals surface area contributed by atoms with E-state index in [0.29, 0.717) is 0 Å². The van der Waals surface area contributed by atoms with Crippen LogP contribution in [0.5, 0.6) is 0 Å². The van der Waals surface area contributed by atoms with Crippen LogP contribution >= 0.6 is 15.9 Å². The molecule has 0 aliphatic rings. The van der Waals surface area contributed by atoms with Crippen molar-refractivity contribution in [1.82, 2.24) is 14.8 Å². The molecular weight excluding hydrogens is 230 g/mol. The number of hydrogen-bond donors (Lipinski definition) is 0. The predicted molar refractivity (Wildman–Crippen MR) is 52.6 cm³/mol. The molecule has 0 bridgehead atoms. The molecule has 0 fully saturated rings. The fourth-order valence-electron chi connectivity index (χ4n) is 1.08. The fourth-order valence-corrected chi connectivity index (χ4v) is 1.34. The van der Waals surface area contributed by atoms with E-state index in [0.717, 1.165) is 16.0 Å². The highest BCUT2D eigenvalue weighted by atomic mass is 79.9. The third-order valence-electron chi connectivity index (χ3n) is 1.68. The topological polar surface area (TPSA) is 30.7 Å². The molecule has 0 atom stereocenters. The zero-order chi connectivity index (χ0) is 9.26. The quantitative estimate of drug-likeness (QED) is 0.760. The van der Waals surface area contributed by atoms with Gasteiger partial charge in [-0.15, -0.1) is 0 Å². The Balaban J connectivity index is 2.52. The van der Waals surface area contributed by atoms with Crippen LogP contribution in [0.2, 0.25) is 0 Å². The van der Waals surface area contributed by atoms with Crippen LogP contribution in [0, 0.1) is 13.1 Å². The minimum absolute atomic E-state index is 0.762. The summed E-state index contributed by atoms with van der Waals surface area (Å²) < 4.78 is 2.39. The second kappa shape index (κ2) is 3.30. The van der Waals surface area contributed by atoms with Gasteiger partial charge in [-0.25, -0.2) is 9.67 Å². The minimum Gasteiger partial charge on any atom is -0.237 e. The molecule has 0 aliphatic carbocycles. The summed E-state index contributed by atoms with van der Waals surface area (Å²) in [6, 6.07) is 5.65. The maximum atomic E-state index is 4.21. The molecular formula is C9H7BrN3. The van der Waals surface area contributed by atoms with Gasteiger partial charge >= 0.3 is 0 Å². The second-order valence-electron chi connectivity index (χ2n) is 2.65. The van der Waals surface area contributed by atoms with E-state index in [1.807, 2.05) is 19.1 Å². The summed E-state index contributed by atoms with van der Waals surface area (Å²) in [5.41, 5.74) is 1.08. The van der Waals surface area contributed by atoms with Gasteiger partial charge in [-0.2, -0.15) is 5.10 Å². The van der Waals surface area contributed by atoms with Gasteiger partial charge in [-0.1, -0.05) is 6.07 Å². The Morgan fingerprint density at radius 1 is 1.54 bits per heavy atom. The summed E-state index contributed by atoms with van der Waals surface area (Å²) in [6.07, 6.45) is 4.70. The van der Waals surface area contributed by atoms with E-state index >= 15 is 0 Å². The number of pyridine rings is 1. The van der Waals surface area contributed by atoms with Gasteiger partial charge in [0, 0.05) is 12.3 Å². The van der Waals surface area contributed by atoms with Crippen LogP contribution < -0.4 is 0 Å². The number of aromatic nitrogens is 3. The lowest BCUT2D eigenvalue weighted by atomic mass is 10.3. The fraction of sp³-hybridized carbons (Fsp3) is 0.111. The van der Waals surface area contributed by atoms with Crippen molar-refractivity contribution in [3.05, 3.63) is 40.8 Å². The largest absolute Gasteiger partial charge is 0.237 e. The third-order valence-corrected chi connectivity index (χ3v) is 2.07. The first-order valence-corrected chi connectivity index (χ1v) is 4.62. The lowest BCUT2D eigenvalue weighted by Gasteiger charge is -2.01. The van der Waals surface area contributed by atoms with Crippen LogP contribution in [0.1, 0.15) is 5.56 Å². The lowest BCUT2D eigenvalue weighted by molar-refractivity contribution is 0.824. The average molecular weight is 237 g/mol. The molecule has 0 amide bonds. The SMILES string of the molecule is Cc1cccnc1-n1[c]cc(Br)n1. The predicted octanol–water partition coefficient (Wildman–Crippen LogP) is 2.14. The highest BCUT2D eigenvalue weighted by Gasteiger charge is 2.02. The van der Waals surface area contributed by atoms with Gasteiger partial charge in [0.05, 0.1) is 6.20 Å². The molecule has 0 saturated carbocycles. The number of nitrogens with zero attached hydrogens (tertiary/aromatic N) is 3. The molecule has 0 saturated heterocycles. The first-order valence-electron chi connectivity index (χ1n) is 3.82. The van der Waals surface area contributed by atoms with E-state index in [4.69, 9.17) is 0 Å². The van der Waals surface area contributed by atoms with Gasteiger partial charge in [-0.3, -0.25) is 0 Å². The first-order chi connectivity index (χ1) is 6.27. The molecule has 13 heavy (non-hydrogen) atoms. The molecule has 0 spiro atoms. The van der Waals surface area contributed by atoms with E-state index in [9.17, 15) is 0 Å². The van der Waals surface area contributed by atoms with E-state index in [-0.39, 0.29) is 0 Å². The molecule has 2 heterocycles. The van der Waals surface area contributed by atoms with Gasteiger partial charge in [0.1, 0.15) is 4.60 Å². The molecule has 3 nitrogen and oxygen atoms in total. The minimum atomic E-state index is 0.762. The first kappa shape index (κ1) is 8.44. The van der Waals surface area contributed by atoms with Gasteiger partial charge < -0.3 is 0 Å². The van der Waals surface area contributed by atoms with Crippen molar-refractivity contribution in [2.24, 2.45) is 0 Å². The molecule has 0 aliphatic heterocycles. The molecule has 0 unspecified atom stereocenters. The molecule has 0 N–H and O–H groups in total. The summed E-state index contributed by atoms with van der Waals surface area (Å²) in [5, 5.41) is 4.16. The van der Waals surface area contributed by atoms with Crippen molar-refractivity contribution in [3.8, 4) is 5.82 Å². The van der Waals surface area contributed by atoms with Crippen molar-refractivity contribution in [2.75, 3.05) is 0 Å². The monoisotopic (exact) mass is 236 g/mol. The van der Waals surface area contributed by atoms with Crippen molar-refractivity contribution >= 4 is 15.9 Å². The van der Waals surface area contributed by atoms with E-state index in [2.05, 4.69) is 32.2 Å². The Morgan fingerprint density at radius 3 is 3.00 bits per heavy atom. The molecule has 2 aromatic heterocycles. The van der Waals surface area contributed by atoms with Crippen LogP contribution in [0.4, 0.5) is 0 Å². The highest BCUT2D eigenvalue weighted by molar-refractivity contribution is 9.10. The Labute approximate surface area is 84.5 Å². The van der Waals surface area contributed by atoms with Gasteiger partial charge in [-0.05, 0) is 34.5 Å². The van der Waals surface area contributed by atoms with Gasteiger partial charge in [0.15, 0.2) is 5.82 Å². The van der Waals surface area contributed by atoms with Gasteiger partial charge in [0.2, 0.25) is 0 Å². The zero-order valence-corrected chi connectivity index (χ0v) is 8.62. The molecule has 2 aromatic rings. The van der Waals surface area contributed by atoms with E-state index in [1.165, 1.54) is 0 Å². The normalized spacial score (nSPS) is 10.3. The van der Waals surface area contributed by atoms with Gasteiger partial charge in [0.25, 0.3) is 0 Å². The molecule has 1 radical (unpaired) electrons. The highest BCUT2D eigenvalue weighted by Crippen LogP contribution is 2.11. The number of hydrogen-bond acceptors (Lipinski definition) is 2. The molecule has 4 heteroatoms. The van der Waals surface area contributed by atoms with E-state index in [1.54, 1.807) is 16.9 Å². The number of aryl methyl sites for hydroxylation is 1. The van der Waals surface area contributed by atoms with Crippen molar-refractivity contribution < 1.29 is 0 Å². The van der Waals surface area contributed by atoms with Crippen LogP contribution in [-0.2, 0) is 0 Å². The molecule has 0 aromatic carbocycles. The molecule has 2 rings (SSSR count). The van der Waals surface area contributed by atoms with Crippen LogP contribution in [0.15, 0.2) is 29.0 Å². The number of rotatable bonds is 1. The maximum Gasteiger partial charge on any atom is 0.157 e. The zero-order valence-electron chi connectivity index (χ0n) is 7.03. The molecule has 65 valence electrons. The Hall–Kier alpha value is -1.16. The number of halogens is 1. The second-order valence-corrected chi connectivity index (χ2v) is 3.46. The van der Waals surface area contributed by atoms with Crippen molar-refractivity contribution in [3.63, 3.8) is 0 Å². The lowest BCUT2D eigenvalue weighted by Crippen LogP contribution is -2.00. The van der Waals surface area contributed by atoms with E-state index < -0.39 is 0 Å². The van der Waals surface area contributed by atoms with Crippen LogP contribution in [0.25, 0.3) is 5.82 Å². The standard InChI is InChI=1S/C9H7BrN3/c1-7-3-2-5-11-9(7)13-6-4-8(10)12-13/h2-5H,1H3. The van der Waals surface area contributed by atoms with Crippen LogP contribution in [-0.4, -0.2) is 14.8 Å². The van der Waals surface area contributed by atoms with Crippen molar-refractivity contribution in [1.29, 1.82) is 0 Å². The Kier molecular flexibility index (Phi) is 2.14. The Morgan fingerprint density at radius 2 is 2.38 bits per heavy atom. The summed E-state index contributed by atoms with van der Waals surface area (Å²) in [4.78, 5) is 4.21. The maximum absolute atomic E-state index is 4.21. The average Bonchev–Trinajstić information content (AvgIpc) is 2.53. The summed E-state index contributed by atoms with van der Waals surface area (Å²) in [7, 11) is 0. The van der Waals surface area contributed by atoms with Crippen molar-refractivity contribution in [2.45, 2.75) is 6.92 Å². The summed E-state index contributed by atoms with van der Waals surface area (Å²) >= 11 is 3.26. The third kappa shape index (κ3) is 1.62. The summed E-state index contributed by atoms with van der Waals surface area (Å²) in [6.45, 7) is 1.99. The van der Waals surface area contributed by atoms with Crippen LogP contribution in [0.3, 0.4) is 0 Å². The summed E-state index contributed by atoms with van der Waals surface area (Å²) in [5.74, 6) is 0.813. The smallest absolute Gasteiger partial charge is 0.157 e.